The third-order valence-corrected chi connectivity index (χ3v) is 7.12. The Morgan fingerprint density at radius 1 is 1.13 bits per heavy atom. The van der Waals surface area contributed by atoms with Crippen molar-refractivity contribution >= 4 is 34.7 Å². The van der Waals surface area contributed by atoms with E-state index in [1.165, 1.54) is 17.3 Å². The van der Waals surface area contributed by atoms with Gasteiger partial charge in [0.1, 0.15) is 12.2 Å². The highest BCUT2D eigenvalue weighted by Crippen LogP contribution is 2.26. The number of pyridine rings is 1. The molecule has 6 rings (SSSR count). The van der Waals surface area contributed by atoms with Gasteiger partial charge in [-0.2, -0.15) is 4.98 Å². The SMILES string of the molecule is CCNC(=O)c1cn(-c2ccc3c(c2)CCC3)c2nc(Nc3ccc(C[C@H]4COC(=O)N4)cc3)ncc2c1=O. The van der Waals surface area contributed by atoms with E-state index in [4.69, 9.17) is 9.72 Å². The number of aryl methyl sites for hydroxylation is 2. The van der Waals surface area contributed by atoms with Crippen molar-refractivity contribution in [2.24, 2.45) is 0 Å². The van der Waals surface area contributed by atoms with Crippen LogP contribution >= 0.6 is 0 Å². The number of alkyl carbamates (subject to hydrolysis) is 1. The van der Waals surface area contributed by atoms with E-state index in [9.17, 15) is 14.4 Å². The number of carbonyl (C=O) groups excluding carboxylic acids is 2. The maximum absolute atomic E-state index is 13.3. The predicted molar refractivity (Wildman–Crippen MR) is 147 cm³/mol. The molecular formula is C29H28N6O4. The van der Waals surface area contributed by atoms with Crippen molar-refractivity contribution in [1.29, 1.82) is 0 Å². The van der Waals surface area contributed by atoms with Crippen LogP contribution in [-0.4, -0.2) is 45.7 Å². The molecule has 0 bridgehead atoms. The van der Waals surface area contributed by atoms with Gasteiger partial charge < -0.3 is 25.3 Å². The number of hydrogen-bond acceptors (Lipinski definition) is 7. The first-order valence-electron chi connectivity index (χ1n) is 13.1. The topological polar surface area (TPSA) is 127 Å². The molecule has 2 aromatic heterocycles. The first kappa shape index (κ1) is 24.6. The number of carbonyl (C=O) groups is 2. The van der Waals surface area contributed by atoms with Crippen LogP contribution in [0.25, 0.3) is 16.7 Å². The number of ether oxygens (including phenoxy) is 1. The summed E-state index contributed by atoms with van der Waals surface area (Å²) in [6, 6.07) is 13.9. The van der Waals surface area contributed by atoms with E-state index in [1.54, 1.807) is 10.8 Å². The number of nitrogens with one attached hydrogen (secondary N) is 3. The average Bonchev–Trinajstić information content (AvgIpc) is 3.58. The van der Waals surface area contributed by atoms with Gasteiger partial charge in [-0.25, -0.2) is 9.78 Å². The highest BCUT2D eigenvalue weighted by molar-refractivity contribution is 5.97. The van der Waals surface area contributed by atoms with Crippen LogP contribution in [0.15, 0.2) is 59.7 Å². The maximum atomic E-state index is 13.3. The zero-order valence-corrected chi connectivity index (χ0v) is 21.5. The van der Waals surface area contributed by atoms with Crippen molar-refractivity contribution in [2.45, 2.75) is 38.6 Å². The second-order valence-electron chi connectivity index (χ2n) is 9.80. The number of hydrogen-bond donors (Lipinski definition) is 3. The van der Waals surface area contributed by atoms with Gasteiger partial charge in [0.05, 0.1) is 11.4 Å². The van der Waals surface area contributed by atoms with Crippen LogP contribution in [0.3, 0.4) is 0 Å². The van der Waals surface area contributed by atoms with E-state index in [0.717, 1.165) is 36.2 Å². The molecule has 1 atom stereocenters. The molecule has 39 heavy (non-hydrogen) atoms. The number of fused-ring (bicyclic) bond motifs is 2. The number of rotatable bonds is 7. The van der Waals surface area contributed by atoms with E-state index >= 15 is 0 Å². The Balaban J connectivity index is 1.35. The highest BCUT2D eigenvalue weighted by atomic mass is 16.6. The summed E-state index contributed by atoms with van der Waals surface area (Å²) >= 11 is 0. The number of anilines is 2. The number of aromatic nitrogens is 3. The van der Waals surface area contributed by atoms with Gasteiger partial charge in [0, 0.05) is 30.3 Å². The first-order chi connectivity index (χ1) is 19.0. The number of benzene rings is 2. The van der Waals surface area contributed by atoms with Crippen LogP contribution in [0.4, 0.5) is 16.4 Å². The largest absolute Gasteiger partial charge is 0.447 e. The molecule has 0 spiro atoms. The van der Waals surface area contributed by atoms with E-state index < -0.39 is 11.3 Å². The van der Waals surface area contributed by atoms with Gasteiger partial charge in [-0.1, -0.05) is 18.2 Å². The molecule has 0 radical (unpaired) electrons. The van der Waals surface area contributed by atoms with Crippen molar-refractivity contribution in [3.8, 4) is 5.69 Å². The average molecular weight is 525 g/mol. The molecule has 1 aliphatic carbocycles. The second kappa shape index (κ2) is 10.2. The fourth-order valence-corrected chi connectivity index (χ4v) is 5.17. The maximum Gasteiger partial charge on any atom is 0.407 e. The molecule has 2 aliphatic rings. The second-order valence-corrected chi connectivity index (χ2v) is 9.80. The fourth-order valence-electron chi connectivity index (χ4n) is 5.17. The Labute approximate surface area is 224 Å². The van der Waals surface area contributed by atoms with Gasteiger partial charge in [0.25, 0.3) is 5.91 Å². The lowest BCUT2D eigenvalue weighted by Crippen LogP contribution is -2.29. The minimum Gasteiger partial charge on any atom is -0.447 e. The van der Waals surface area contributed by atoms with E-state index in [-0.39, 0.29) is 23.1 Å². The van der Waals surface area contributed by atoms with Gasteiger partial charge >= 0.3 is 6.09 Å². The molecule has 10 nitrogen and oxygen atoms in total. The number of nitrogens with zero attached hydrogens (tertiary/aromatic N) is 3. The molecule has 10 heteroatoms. The fraction of sp³-hybridized carbons (Fsp3) is 0.276. The summed E-state index contributed by atoms with van der Waals surface area (Å²) < 4.78 is 6.75. The van der Waals surface area contributed by atoms with Crippen molar-refractivity contribution in [3.05, 3.63) is 87.3 Å². The predicted octanol–water partition coefficient (Wildman–Crippen LogP) is 3.41. The number of cyclic esters (lactones) is 1. The summed E-state index contributed by atoms with van der Waals surface area (Å²) in [5.41, 5.74) is 5.32. The smallest absolute Gasteiger partial charge is 0.407 e. The molecule has 1 saturated heterocycles. The molecule has 4 aromatic rings. The van der Waals surface area contributed by atoms with E-state index in [1.807, 2.05) is 37.3 Å². The third kappa shape index (κ3) is 4.93. The van der Waals surface area contributed by atoms with Crippen molar-refractivity contribution < 1.29 is 14.3 Å². The van der Waals surface area contributed by atoms with Crippen LogP contribution < -0.4 is 21.4 Å². The Hall–Kier alpha value is -4.73. The standard InChI is InChI=1S/C29H28N6O4/c1-2-30-27(37)24-15-35(22-11-8-18-4-3-5-19(18)13-22)26-23(25(24)36)14-31-28(34-26)32-20-9-6-17(7-10-20)12-21-16-39-29(38)33-21/h6-11,13-15,21H,2-5,12,16H2,1H3,(H,30,37)(H,33,38)(H,31,32,34)/t21-/m0/s1. The van der Waals surface area contributed by atoms with E-state index in [2.05, 4.69) is 33.1 Å². The van der Waals surface area contributed by atoms with Crippen LogP contribution in [0, 0.1) is 0 Å². The Bertz CT molecular complexity index is 1650. The third-order valence-electron chi connectivity index (χ3n) is 7.12. The first-order valence-corrected chi connectivity index (χ1v) is 13.1. The monoisotopic (exact) mass is 524 g/mol. The van der Waals surface area contributed by atoms with Gasteiger partial charge in [0.2, 0.25) is 11.4 Å². The van der Waals surface area contributed by atoms with Crippen molar-refractivity contribution in [1.82, 2.24) is 25.2 Å². The number of amides is 2. The molecular weight excluding hydrogens is 496 g/mol. The molecule has 198 valence electrons. The lowest BCUT2D eigenvalue weighted by Gasteiger charge is -2.15. The van der Waals surface area contributed by atoms with Crippen molar-refractivity contribution in [2.75, 3.05) is 18.5 Å². The summed E-state index contributed by atoms with van der Waals surface area (Å²) in [6.07, 6.45) is 6.50. The van der Waals surface area contributed by atoms with Gasteiger partial charge in [-0.3, -0.25) is 9.59 Å². The van der Waals surface area contributed by atoms with Gasteiger partial charge in [-0.05, 0) is 73.6 Å². The molecule has 1 fully saturated rings. The quantitative estimate of drug-likeness (QED) is 0.338. The lowest BCUT2D eigenvalue weighted by molar-refractivity contribution is 0.0954. The molecule has 1 aliphatic heterocycles. The van der Waals surface area contributed by atoms with Gasteiger partial charge in [-0.15, -0.1) is 0 Å². The van der Waals surface area contributed by atoms with Crippen LogP contribution in [0.1, 0.15) is 40.4 Å². The summed E-state index contributed by atoms with van der Waals surface area (Å²) in [6.45, 7) is 2.58. The Morgan fingerprint density at radius 3 is 2.72 bits per heavy atom. The zero-order chi connectivity index (χ0) is 26.9. The normalized spacial score (nSPS) is 16.0. The van der Waals surface area contributed by atoms with Crippen LogP contribution in [0.2, 0.25) is 0 Å². The summed E-state index contributed by atoms with van der Waals surface area (Å²) in [4.78, 5) is 46.4. The minimum absolute atomic E-state index is 0.0413. The summed E-state index contributed by atoms with van der Waals surface area (Å²) in [5, 5.41) is 8.98. The van der Waals surface area contributed by atoms with Crippen LogP contribution in [0.5, 0.6) is 0 Å². The zero-order valence-electron chi connectivity index (χ0n) is 21.5. The molecule has 3 N–H and O–H groups in total. The molecule has 0 unspecified atom stereocenters. The molecule has 0 saturated carbocycles. The molecule has 2 amide bonds. The van der Waals surface area contributed by atoms with Crippen LogP contribution in [-0.2, 0) is 24.0 Å². The Kier molecular flexibility index (Phi) is 6.44. The molecule has 3 heterocycles. The molecule has 2 aromatic carbocycles. The Morgan fingerprint density at radius 2 is 1.95 bits per heavy atom. The minimum atomic E-state index is -0.426. The van der Waals surface area contributed by atoms with Gasteiger partial charge in [0.15, 0.2) is 5.65 Å². The lowest BCUT2D eigenvalue weighted by atomic mass is 10.1. The van der Waals surface area contributed by atoms with E-state index in [0.29, 0.717) is 31.2 Å². The highest BCUT2D eigenvalue weighted by Gasteiger charge is 2.22. The van der Waals surface area contributed by atoms with Crippen molar-refractivity contribution in [3.63, 3.8) is 0 Å². The summed E-state index contributed by atoms with van der Waals surface area (Å²) in [5.74, 6) is -0.0999. The summed E-state index contributed by atoms with van der Waals surface area (Å²) in [7, 11) is 0.